The molecule has 2 nitrogen and oxygen atoms in total. The van der Waals surface area contributed by atoms with Crippen molar-refractivity contribution in [2.75, 3.05) is 6.54 Å². The molecule has 2 saturated heterocycles. The third kappa shape index (κ3) is 1.88. The van der Waals surface area contributed by atoms with Crippen LogP contribution < -0.4 is 0 Å². The van der Waals surface area contributed by atoms with Crippen LogP contribution in [0.3, 0.4) is 0 Å². The SMILES string of the molecule is O=C(CC1CCC1)N1CC2CC3CC(C2)CC1C3. The van der Waals surface area contributed by atoms with Gasteiger partial charge in [0.2, 0.25) is 5.91 Å². The number of carbonyl (C=O) groups excluding carboxylic acids is 1. The lowest BCUT2D eigenvalue weighted by Gasteiger charge is -2.39. The lowest BCUT2D eigenvalue weighted by atomic mass is 9.68. The first kappa shape index (κ1) is 11.3. The van der Waals surface area contributed by atoms with E-state index in [2.05, 4.69) is 4.90 Å². The summed E-state index contributed by atoms with van der Waals surface area (Å²) in [6.07, 6.45) is 11.8. The second-order valence-electron chi connectivity index (χ2n) is 7.48. The predicted octanol–water partition coefficient (Wildman–Crippen LogP) is 3.21. The van der Waals surface area contributed by atoms with Crippen LogP contribution in [0.5, 0.6) is 0 Å². The normalized spacial score (nSPS) is 42.8. The second kappa shape index (κ2) is 4.25. The van der Waals surface area contributed by atoms with Gasteiger partial charge in [-0.2, -0.15) is 0 Å². The molecule has 0 aromatic carbocycles. The smallest absolute Gasteiger partial charge is 0.223 e. The van der Waals surface area contributed by atoms with Crippen LogP contribution in [0.1, 0.15) is 57.8 Å². The van der Waals surface area contributed by atoms with E-state index in [9.17, 15) is 4.79 Å². The van der Waals surface area contributed by atoms with E-state index in [1.807, 2.05) is 0 Å². The fraction of sp³-hybridized carbons (Fsp3) is 0.938. The van der Waals surface area contributed by atoms with Crippen molar-refractivity contribution < 1.29 is 4.79 Å². The second-order valence-corrected chi connectivity index (χ2v) is 7.48. The first-order valence-electron chi connectivity index (χ1n) is 8.07. The van der Waals surface area contributed by atoms with Gasteiger partial charge in [0, 0.05) is 19.0 Å². The fourth-order valence-electron chi connectivity index (χ4n) is 5.15. The molecular weight excluding hydrogens is 222 g/mol. The summed E-state index contributed by atoms with van der Waals surface area (Å²) in [6, 6.07) is 0.619. The molecule has 5 rings (SSSR count). The molecule has 5 aliphatic rings. The maximum absolute atomic E-state index is 12.5. The number of hydrogen-bond donors (Lipinski definition) is 0. The van der Waals surface area contributed by atoms with E-state index < -0.39 is 0 Å². The lowest BCUT2D eigenvalue weighted by molar-refractivity contribution is -0.135. The summed E-state index contributed by atoms with van der Waals surface area (Å²) in [7, 11) is 0. The van der Waals surface area contributed by atoms with Crippen LogP contribution in [-0.4, -0.2) is 23.4 Å². The number of carbonyl (C=O) groups is 1. The lowest BCUT2D eigenvalue weighted by Crippen LogP contribution is -2.43. The number of rotatable bonds is 2. The average Bonchev–Trinajstić information content (AvgIpc) is 2.48. The molecule has 5 fully saturated rings. The molecule has 0 aromatic rings. The summed E-state index contributed by atoms with van der Waals surface area (Å²) < 4.78 is 0. The van der Waals surface area contributed by atoms with Gasteiger partial charge in [-0.25, -0.2) is 0 Å². The number of fused-ring (bicyclic) bond motifs is 1. The molecule has 2 unspecified atom stereocenters. The van der Waals surface area contributed by atoms with Gasteiger partial charge < -0.3 is 4.90 Å². The van der Waals surface area contributed by atoms with Gasteiger partial charge in [0.1, 0.15) is 0 Å². The van der Waals surface area contributed by atoms with Crippen LogP contribution >= 0.6 is 0 Å². The standard InChI is InChI=1S/C16H25NO/c18-16(9-11-2-1-3-11)17-10-14-5-12-4-13(6-14)8-15(17)7-12/h11-15H,1-10H2. The summed E-state index contributed by atoms with van der Waals surface area (Å²) in [5, 5.41) is 0. The van der Waals surface area contributed by atoms with Crippen LogP contribution in [-0.2, 0) is 4.79 Å². The Labute approximate surface area is 110 Å². The molecule has 0 N–H and O–H groups in total. The Hall–Kier alpha value is -0.530. The van der Waals surface area contributed by atoms with E-state index in [0.717, 1.165) is 36.6 Å². The number of nitrogens with zero attached hydrogens (tertiary/aromatic N) is 1. The van der Waals surface area contributed by atoms with Crippen LogP contribution in [0.4, 0.5) is 0 Å². The predicted molar refractivity (Wildman–Crippen MR) is 71.0 cm³/mol. The van der Waals surface area contributed by atoms with E-state index in [4.69, 9.17) is 0 Å². The van der Waals surface area contributed by atoms with Crippen molar-refractivity contribution in [2.24, 2.45) is 23.7 Å². The first-order valence-corrected chi connectivity index (χ1v) is 8.07. The summed E-state index contributed by atoms with van der Waals surface area (Å²) >= 11 is 0. The molecule has 2 atom stereocenters. The van der Waals surface area contributed by atoms with Crippen LogP contribution in [0.2, 0.25) is 0 Å². The molecule has 100 valence electrons. The van der Waals surface area contributed by atoms with E-state index in [1.165, 1.54) is 51.4 Å². The van der Waals surface area contributed by atoms with Gasteiger partial charge in [0.05, 0.1) is 0 Å². The third-order valence-corrected chi connectivity index (χ3v) is 6.11. The molecule has 4 bridgehead atoms. The Bertz CT molecular complexity index is 335. The molecule has 18 heavy (non-hydrogen) atoms. The molecule has 0 spiro atoms. The molecule has 2 heterocycles. The van der Waals surface area contributed by atoms with E-state index in [1.54, 1.807) is 0 Å². The molecule has 0 radical (unpaired) electrons. The van der Waals surface area contributed by atoms with Gasteiger partial charge in [-0.1, -0.05) is 6.42 Å². The summed E-state index contributed by atoms with van der Waals surface area (Å²) in [4.78, 5) is 14.9. The summed E-state index contributed by atoms with van der Waals surface area (Å²) in [6.45, 7) is 1.10. The maximum Gasteiger partial charge on any atom is 0.223 e. The molecule has 1 amide bonds. The number of amides is 1. The van der Waals surface area contributed by atoms with Crippen LogP contribution in [0.15, 0.2) is 0 Å². The molecule has 2 heteroatoms. The zero-order valence-corrected chi connectivity index (χ0v) is 11.3. The highest BCUT2D eigenvalue weighted by Crippen LogP contribution is 2.47. The Morgan fingerprint density at radius 2 is 1.61 bits per heavy atom. The highest BCUT2D eigenvalue weighted by molar-refractivity contribution is 5.77. The quantitative estimate of drug-likeness (QED) is 0.733. The largest absolute Gasteiger partial charge is 0.339 e. The van der Waals surface area contributed by atoms with Gasteiger partial charge in [0.15, 0.2) is 0 Å². The Balaban J connectivity index is 1.48. The van der Waals surface area contributed by atoms with Crippen molar-refractivity contribution in [1.29, 1.82) is 0 Å². The Kier molecular flexibility index (Phi) is 2.67. The topological polar surface area (TPSA) is 20.3 Å². The van der Waals surface area contributed by atoms with Crippen molar-refractivity contribution in [3.8, 4) is 0 Å². The Morgan fingerprint density at radius 1 is 0.944 bits per heavy atom. The van der Waals surface area contributed by atoms with E-state index >= 15 is 0 Å². The summed E-state index contributed by atoms with van der Waals surface area (Å²) in [5.41, 5.74) is 0. The van der Waals surface area contributed by atoms with E-state index in [0.29, 0.717) is 11.9 Å². The monoisotopic (exact) mass is 247 g/mol. The first-order chi connectivity index (χ1) is 8.78. The van der Waals surface area contributed by atoms with Crippen molar-refractivity contribution in [1.82, 2.24) is 4.90 Å². The Morgan fingerprint density at radius 3 is 2.22 bits per heavy atom. The van der Waals surface area contributed by atoms with Crippen LogP contribution in [0.25, 0.3) is 0 Å². The zero-order valence-electron chi connectivity index (χ0n) is 11.3. The van der Waals surface area contributed by atoms with Gasteiger partial charge in [0.25, 0.3) is 0 Å². The zero-order chi connectivity index (χ0) is 12.1. The fourth-order valence-corrected chi connectivity index (χ4v) is 5.15. The molecule has 3 aliphatic carbocycles. The number of hydrogen-bond acceptors (Lipinski definition) is 1. The van der Waals surface area contributed by atoms with Crippen molar-refractivity contribution in [2.45, 2.75) is 63.8 Å². The van der Waals surface area contributed by atoms with Gasteiger partial charge in [-0.05, 0) is 68.6 Å². The van der Waals surface area contributed by atoms with Crippen molar-refractivity contribution in [3.05, 3.63) is 0 Å². The molecular formula is C16H25NO. The molecule has 2 aliphatic heterocycles. The minimum atomic E-state index is 0.498. The highest BCUT2D eigenvalue weighted by atomic mass is 16.2. The third-order valence-electron chi connectivity index (χ3n) is 6.11. The highest BCUT2D eigenvalue weighted by Gasteiger charge is 2.44. The average molecular weight is 247 g/mol. The van der Waals surface area contributed by atoms with Crippen molar-refractivity contribution >= 4 is 5.91 Å². The van der Waals surface area contributed by atoms with Gasteiger partial charge in [-0.15, -0.1) is 0 Å². The van der Waals surface area contributed by atoms with Crippen LogP contribution in [0, 0.1) is 23.7 Å². The van der Waals surface area contributed by atoms with Gasteiger partial charge >= 0.3 is 0 Å². The van der Waals surface area contributed by atoms with Crippen molar-refractivity contribution in [3.63, 3.8) is 0 Å². The van der Waals surface area contributed by atoms with Gasteiger partial charge in [-0.3, -0.25) is 4.79 Å². The van der Waals surface area contributed by atoms with E-state index in [-0.39, 0.29) is 0 Å². The minimum Gasteiger partial charge on any atom is -0.339 e. The molecule has 3 saturated carbocycles. The minimum absolute atomic E-state index is 0.498. The molecule has 0 aromatic heterocycles. The maximum atomic E-state index is 12.5. The summed E-state index contributed by atoms with van der Waals surface area (Å²) in [5.74, 6) is 3.97.